The quantitative estimate of drug-likeness (QED) is 0.292. The number of halogens is 5. The Bertz CT molecular complexity index is 1090. The Hall–Kier alpha value is -2.88. The van der Waals surface area contributed by atoms with Gasteiger partial charge in [0.25, 0.3) is 5.91 Å². The number of aryl methyl sites for hydroxylation is 1. The van der Waals surface area contributed by atoms with Crippen molar-refractivity contribution in [1.29, 1.82) is 0 Å². The molecule has 1 aliphatic heterocycles. The summed E-state index contributed by atoms with van der Waals surface area (Å²) in [5.74, 6) is -5.23. The molecule has 1 unspecified atom stereocenters. The van der Waals surface area contributed by atoms with Gasteiger partial charge in [-0.2, -0.15) is 13.2 Å². The molecule has 0 spiro atoms. The highest BCUT2D eigenvalue weighted by atomic mass is 19.4. The molecule has 1 saturated heterocycles. The van der Waals surface area contributed by atoms with Gasteiger partial charge in [0.1, 0.15) is 11.5 Å². The Kier molecular flexibility index (Phi) is 7.40. The number of furan rings is 1. The molecule has 5 nitrogen and oxygen atoms in total. The van der Waals surface area contributed by atoms with Crippen LogP contribution in [0.2, 0.25) is 0 Å². The van der Waals surface area contributed by atoms with E-state index in [1.807, 2.05) is 11.8 Å². The fourth-order valence-corrected chi connectivity index (χ4v) is 4.53. The van der Waals surface area contributed by atoms with E-state index in [-0.39, 0.29) is 22.7 Å². The topological polar surface area (TPSA) is 65.7 Å². The van der Waals surface area contributed by atoms with Gasteiger partial charge in [-0.25, -0.2) is 8.78 Å². The lowest BCUT2D eigenvalue weighted by atomic mass is 9.80. The van der Waals surface area contributed by atoms with Crippen molar-refractivity contribution < 1.29 is 36.3 Å². The summed E-state index contributed by atoms with van der Waals surface area (Å²) in [6.07, 6.45) is -2.87. The first-order valence-corrected chi connectivity index (χ1v) is 11.0. The fraction of sp³-hybridized carbons (Fsp3) is 0.458. The van der Waals surface area contributed by atoms with E-state index in [0.29, 0.717) is 19.4 Å². The maximum absolute atomic E-state index is 14.5. The molecule has 0 radical (unpaired) electrons. The summed E-state index contributed by atoms with van der Waals surface area (Å²) < 4.78 is 73.1. The maximum atomic E-state index is 14.5. The van der Waals surface area contributed by atoms with E-state index in [0.717, 1.165) is 25.0 Å². The van der Waals surface area contributed by atoms with Gasteiger partial charge in [0.2, 0.25) is 5.76 Å². The van der Waals surface area contributed by atoms with Crippen molar-refractivity contribution in [2.75, 3.05) is 18.9 Å². The number of likely N-dealkylation sites (tertiary alicyclic amines) is 1. The zero-order chi connectivity index (χ0) is 25.3. The van der Waals surface area contributed by atoms with Crippen LogP contribution in [0.4, 0.5) is 27.6 Å². The van der Waals surface area contributed by atoms with E-state index in [2.05, 4.69) is 5.32 Å². The highest BCUT2D eigenvalue weighted by Crippen LogP contribution is 2.39. The minimum absolute atomic E-state index is 0.0782. The molecule has 2 aromatic rings. The first kappa shape index (κ1) is 25.7. The third-order valence-corrected chi connectivity index (χ3v) is 6.41. The predicted octanol–water partition coefficient (Wildman–Crippen LogP) is 6.14. The van der Waals surface area contributed by atoms with Crippen LogP contribution in [0, 0.1) is 18.6 Å². The van der Waals surface area contributed by atoms with Gasteiger partial charge in [-0.05, 0) is 57.8 Å². The lowest BCUT2D eigenvalue weighted by Crippen LogP contribution is -2.51. The average molecular weight is 486 g/mol. The normalized spacial score (nSPS) is 20.2. The number of carbonyl (C=O) groups is 1. The van der Waals surface area contributed by atoms with Crippen molar-refractivity contribution >= 4 is 11.6 Å². The summed E-state index contributed by atoms with van der Waals surface area (Å²) in [5, 5.41) is 13.5. The number of piperidine rings is 1. The van der Waals surface area contributed by atoms with Gasteiger partial charge in [-0.1, -0.05) is 19.1 Å². The molecular weight excluding hydrogens is 459 g/mol. The monoisotopic (exact) mass is 486 g/mol. The van der Waals surface area contributed by atoms with Gasteiger partial charge in [0.15, 0.2) is 11.6 Å². The third-order valence-electron chi connectivity index (χ3n) is 6.41. The molecule has 1 aliphatic rings. The van der Waals surface area contributed by atoms with Gasteiger partial charge in [-0.3, -0.25) is 9.69 Å². The number of amides is 1. The summed E-state index contributed by atoms with van der Waals surface area (Å²) >= 11 is 0. The molecule has 1 aromatic carbocycles. The molecule has 1 amide bonds. The van der Waals surface area contributed by atoms with Crippen LogP contribution in [0.1, 0.15) is 49.7 Å². The number of hydrogen-bond acceptors (Lipinski definition) is 4. The van der Waals surface area contributed by atoms with E-state index in [1.54, 1.807) is 7.05 Å². The number of aliphatic hydroxyl groups excluding tert-OH is 1. The molecule has 34 heavy (non-hydrogen) atoms. The van der Waals surface area contributed by atoms with E-state index >= 15 is 0 Å². The molecule has 0 saturated carbocycles. The third kappa shape index (κ3) is 4.96. The summed E-state index contributed by atoms with van der Waals surface area (Å²) in [5.41, 5.74) is -2.14. The van der Waals surface area contributed by atoms with Crippen molar-refractivity contribution in [3.05, 3.63) is 64.3 Å². The van der Waals surface area contributed by atoms with Crippen LogP contribution >= 0.6 is 0 Å². The van der Waals surface area contributed by atoms with E-state index in [9.17, 15) is 31.9 Å². The molecule has 2 N–H and O–H groups in total. The zero-order valence-electron chi connectivity index (χ0n) is 19.2. The maximum Gasteiger partial charge on any atom is 0.451 e. The van der Waals surface area contributed by atoms with Gasteiger partial charge >= 0.3 is 6.18 Å². The smallest absolute Gasteiger partial charge is 0.451 e. The van der Waals surface area contributed by atoms with Crippen molar-refractivity contribution in [2.24, 2.45) is 0 Å². The van der Waals surface area contributed by atoms with Gasteiger partial charge in [0.05, 0.1) is 16.8 Å². The van der Waals surface area contributed by atoms with Gasteiger partial charge in [0, 0.05) is 12.5 Å². The largest absolute Gasteiger partial charge is 0.510 e. The second-order valence-corrected chi connectivity index (χ2v) is 8.53. The lowest BCUT2D eigenvalue weighted by molar-refractivity contribution is -0.152. The first-order chi connectivity index (χ1) is 15.9. The van der Waals surface area contributed by atoms with Crippen molar-refractivity contribution in [3.63, 3.8) is 0 Å². The molecular formula is C24H27F5N2O3. The van der Waals surface area contributed by atoms with Crippen molar-refractivity contribution in [1.82, 2.24) is 4.90 Å². The Morgan fingerprint density at radius 1 is 1.26 bits per heavy atom. The Morgan fingerprint density at radius 2 is 1.97 bits per heavy atom. The molecule has 186 valence electrons. The van der Waals surface area contributed by atoms with Crippen LogP contribution < -0.4 is 5.32 Å². The molecule has 1 fully saturated rings. The van der Waals surface area contributed by atoms with Gasteiger partial charge in [-0.15, -0.1) is 0 Å². The fourth-order valence-electron chi connectivity index (χ4n) is 4.53. The minimum atomic E-state index is -4.87. The van der Waals surface area contributed by atoms with E-state index in [4.69, 9.17) is 4.42 Å². The molecule has 1 atom stereocenters. The Balaban J connectivity index is 2.11. The molecule has 2 heterocycles. The molecule has 10 heteroatoms. The number of likely N-dealkylation sites (N-methyl/N-ethyl adjacent to an activating group) is 1. The summed E-state index contributed by atoms with van der Waals surface area (Å²) in [4.78, 5) is 15.2. The van der Waals surface area contributed by atoms with Crippen LogP contribution in [0.25, 0.3) is 0 Å². The second-order valence-electron chi connectivity index (χ2n) is 8.53. The van der Waals surface area contributed by atoms with Crippen LogP contribution in [0.15, 0.2) is 40.0 Å². The number of rotatable bonds is 6. The highest BCUT2D eigenvalue weighted by molar-refractivity contribution is 6.05. The van der Waals surface area contributed by atoms with Crippen LogP contribution in [0.5, 0.6) is 0 Å². The van der Waals surface area contributed by atoms with Gasteiger partial charge < -0.3 is 14.8 Å². The standard InChI is InChI=1S/C24H27F5N2O3/c1-4-23(10-5-6-11-31(23)3)20(32)16(13-15-8-7-9-17(25)19(15)26)22(33)30-18-12-14(2)34-21(18)24(27,28)29/h7-9,12,32H,4-6,10-11,13H2,1-3H3,(H,30,33)/b20-16-. The summed E-state index contributed by atoms with van der Waals surface area (Å²) in [7, 11) is 1.78. The lowest BCUT2D eigenvalue weighted by Gasteiger charge is -2.45. The highest BCUT2D eigenvalue weighted by Gasteiger charge is 2.43. The number of benzene rings is 1. The summed E-state index contributed by atoms with van der Waals surface area (Å²) in [6, 6.07) is 4.43. The van der Waals surface area contributed by atoms with Crippen LogP contribution in [0.3, 0.4) is 0 Å². The SMILES string of the molecule is CCC1(/C(O)=C(\Cc2cccc(F)c2F)C(=O)Nc2cc(C)oc2C(F)(F)F)CCCCN1C. The number of anilines is 1. The predicted molar refractivity (Wildman–Crippen MR) is 116 cm³/mol. The Labute approximate surface area is 194 Å². The molecule has 1 aromatic heterocycles. The van der Waals surface area contributed by atoms with E-state index < -0.39 is 47.1 Å². The number of alkyl halides is 3. The minimum Gasteiger partial charge on any atom is -0.510 e. The number of aliphatic hydroxyl groups is 1. The second kappa shape index (κ2) is 9.77. The number of carbonyl (C=O) groups excluding carboxylic acids is 1. The average Bonchev–Trinajstić information content (AvgIpc) is 3.15. The molecule has 0 aliphatic carbocycles. The first-order valence-electron chi connectivity index (χ1n) is 11.0. The van der Waals surface area contributed by atoms with Crippen molar-refractivity contribution in [3.8, 4) is 0 Å². The molecule has 0 bridgehead atoms. The number of nitrogens with one attached hydrogen (secondary N) is 1. The Morgan fingerprint density at radius 3 is 2.59 bits per heavy atom. The van der Waals surface area contributed by atoms with Crippen LogP contribution in [-0.2, 0) is 17.4 Å². The summed E-state index contributed by atoms with van der Waals surface area (Å²) in [6.45, 7) is 3.74. The van der Waals surface area contributed by atoms with Crippen LogP contribution in [-0.4, -0.2) is 35.0 Å². The molecule has 3 rings (SSSR count). The number of hydrogen-bond donors (Lipinski definition) is 2. The number of nitrogens with zero attached hydrogens (tertiary/aromatic N) is 1. The zero-order valence-corrected chi connectivity index (χ0v) is 19.2. The van der Waals surface area contributed by atoms with Crippen molar-refractivity contribution in [2.45, 2.75) is 57.7 Å². The van der Waals surface area contributed by atoms with E-state index in [1.165, 1.54) is 19.1 Å².